The third kappa shape index (κ3) is 2.76. The second kappa shape index (κ2) is 5.16. The van der Waals surface area contributed by atoms with Crippen LogP contribution in [0.25, 0.3) is 0 Å². The van der Waals surface area contributed by atoms with Crippen molar-refractivity contribution in [2.45, 2.75) is 13.0 Å². The number of nitrogens with two attached hydrogens (primary N) is 1. The van der Waals surface area contributed by atoms with Gasteiger partial charge in [0.05, 0.1) is 6.04 Å². The first kappa shape index (κ1) is 13.2. The van der Waals surface area contributed by atoms with Crippen LogP contribution < -0.4 is 5.73 Å². The zero-order valence-corrected chi connectivity index (χ0v) is 11.3. The monoisotopic (exact) mass is 311 g/mol. The van der Waals surface area contributed by atoms with Crippen molar-refractivity contribution < 1.29 is 8.78 Å². The molecule has 18 heavy (non-hydrogen) atoms. The average molecular weight is 312 g/mol. The van der Waals surface area contributed by atoms with Gasteiger partial charge in [-0.1, -0.05) is 33.6 Å². The average Bonchev–Trinajstić information content (AvgIpc) is 2.30. The Bertz CT molecular complexity index is 564. The highest BCUT2D eigenvalue weighted by atomic mass is 79.9. The molecule has 0 aliphatic heterocycles. The normalized spacial score (nSPS) is 12.5. The molecule has 0 saturated heterocycles. The number of aryl methyl sites for hydroxylation is 1. The minimum Gasteiger partial charge on any atom is -0.320 e. The lowest BCUT2D eigenvalue weighted by molar-refractivity contribution is 0.577. The number of halogens is 3. The quantitative estimate of drug-likeness (QED) is 0.888. The van der Waals surface area contributed by atoms with E-state index in [-0.39, 0.29) is 0 Å². The van der Waals surface area contributed by atoms with Crippen LogP contribution in [0.1, 0.15) is 22.7 Å². The van der Waals surface area contributed by atoms with E-state index in [9.17, 15) is 8.78 Å². The summed E-state index contributed by atoms with van der Waals surface area (Å²) >= 11 is 3.40. The molecule has 1 unspecified atom stereocenters. The lowest BCUT2D eigenvalue weighted by Crippen LogP contribution is -2.13. The van der Waals surface area contributed by atoms with Crippen LogP contribution in [0.5, 0.6) is 0 Å². The highest BCUT2D eigenvalue weighted by Gasteiger charge is 2.14. The summed E-state index contributed by atoms with van der Waals surface area (Å²) in [5.74, 6) is -1.24. The van der Waals surface area contributed by atoms with Gasteiger partial charge in [-0.2, -0.15) is 0 Å². The summed E-state index contributed by atoms with van der Waals surface area (Å²) in [6, 6.07) is 8.49. The van der Waals surface area contributed by atoms with Gasteiger partial charge in [0.2, 0.25) is 0 Å². The van der Waals surface area contributed by atoms with E-state index in [1.807, 2.05) is 25.1 Å². The summed E-state index contributed by atoms with van der Waals surface area (Å²) in [5.41, 5.74) is 8.32. The minimum absolute atomic E-state index is 0.416. The standard InChI is InChI=1S/C14H12BrF2N/c1-8-2-3-13(15)12(4-8)14(18)9-5-10(16)7-11(17)6-9/h2-7,14H,18H2,1H3. The van der Waals surface area contributed by atoms with Crippen LogP contribution in [-0.2, 0) is 0 Å². The van der Waals surface area contributed by atoms with Gasteiger partial charge < -0.3 is 5.73 Å². The van der Waals surface area contributed by atoms with Crippen LogP contribution in [0.4, 0.5) is 8.78 Å². The van der Waals surface area contributed by atoms with Crippen molar-refractivity contribution in [3.63, 3.8) is 0 Å². The van der Waals surface area contributed by atoms with Gasteiger partial charge in [0.25, 0.3) is 0 Å². The zero-order valence-electron chi connectivity index (χ0n) is 9.75. The van der Waals surface area contributed by atoms with Gasteiger partial charge in [-0.3, -0.25) is 0 Å². The zero-order chi connectivity index (χ0) is 13.3. The predicted molar refractivity (Wildman–Crippen MR) is 71.3 cm³/mol. The molecule has 0 fully saturated rings. The van der Waals surface area contributed by atoms with E-state index in [2.05, 4.69) is 15.9 Å². The molecular formula is C14H12BrF2N. The summed E-state index contributed by atoms with van der Waals surface area (Å²) in [6.07, 6.45) is 0. The maximum absolute atomic E-state index is 13.2. The van der Waals surface area contributed by atoms with Crippen LogP contribution in [0, 0.1) is 18.6 Å². The van der Waals surface area contributed by atoms with E-state index in [1.54, 1.807) is 0 Å². The molecule has 0 radical (unpaired) electrons. The molecule has 0 saturated carbocycles. The lowest BCUT2D eigenvalue weighted by atomic mass is 9.98. The Morgan fingerprint density at radius 1 is 1.06 bits per heavy atom. The number of benzene rings is 2. The van der Waals surface area contributed by atoms with Gasteiger partial charge in [-0.05, 0) is 36.2 Å². The Morgan fingerprint density at radius 3 is 2.28 bits per heavy atom. The molecule has 94 valence electrons. The molecule has 2 aromatic carbocycles. The van der Waals surface area contributed by atoms with Crippen molar-refractivity contribution in [2.75, 3.05) is 0 Å². The van der Waals surface area contributed by atoms with Crippen molar-refractivity contribution in [3.8, 4) is 0 Å². The van der Waals surface area contributed by atoms with Gasteiger partial charge in [-0.25, -0.2) is 8.78 Å². The number of hydrogen-bond acceptors (Lipinski definition) is 1. The Balaban J connectivity index is 2.47. The molecule has 2 N–H and O–H groups in total. The van der Waals surface area contributed by atoms with Gasteiger partial charge in [0.1, 0.15) is 11.6 Å². The SMILES string of the molecule is Cc1ccc(Br)c(C(N)c2cc(F)cc(F)c2)c1. The first-order valence-corrected chi connectivity index (χ1v) is 6.24. The van der Waals surface area contributed by atoms with E-state index in [0.29, 0.717) is 5.56 Å². The summed E-state index contributed by atoms with van der Waals surface area (Å²) in [7, 11) is 0. The van der Waals surface area contributed by atoms with Crippen LogP contribution in [-0.4, -0.2) is 0 Å². The van der Waals surface area contributed by atoms with Crippen LogP contribution in [0.3, 0.4) is 0 Å². The molecule has 0 spiro atoms. The molecule has 0 aromatic heterocycles. The molecule has 2 rings (SSSR count). The summed E-state index contributed by atoms with van der Waals surface area (Å²) < 4.78 is 27.2. The van der Waals surface area contributed by atoms with Crippen molar-refractivity contribution >= 4 is 15.9 Å². The summed E-state index contributed by atoms with van der Waals surface area (Å²) in [5, 5.41) is 0. The Labute approximate surface area is 113 Å². The number of hydrogen-bond donors (Lipinski definition) is 1. The highest BCUT2D eigenvalue weighted by Crippen LogP contribution is 2.28. The predicted octanol–water partition coefficient (Wildman–Crippen LogP) is 4.08. The number of rotatable bonds is 2. The fourth-order valence-corrected chi connectivity index (χ4v) is 2.33. The molecular weight excluding hydrogens is 300 g/mol. The van der Waals surface area contributed by atoms with Crippen molar-refractivity contribution in [2.24, 2.45) is 5.73 Å². The Morgan fingerprint density at radius 2 is 1.67 bits per heavy atom. The van der Waals surface area contributed by atoms with Gasteiger partial charge in [0, 0.05) is 10.5 Å². The maximum atomic E-state index is 13.2. The fourth-order valence-electron chi connectivity index (χ4n) is 1.84. The third-order valence-corrected chi connectivity index (χ3v) is 3.45. The molecule has 1 atom stereocenters. The van der Waals surface area contributed by atoms with E-state index < -0.39 is 17.7 Å². The fraction of sp³-hybridized carbons (Fsp3) is 0.143. The van der Waals surface area contributed by atoms with Crippen molar-refractivity contribution in [1.29, 1.82) is 0 Å². The molecule has 1 nitrogen and oxygen atoms in total. The van der Waals surface area contributed by atoms with Gasteiger partial charge in [-0.15, -0.1) is 0 Å². The molecule has 0 heterocycles. The lowest BCUT2D eigenvalue weighted by Gasteiger charge is -2.15. The summed E-state index contributed by atoms with van der Waals surface area (Å²) in [6.45, 7) is 1.94. The van der Waals surface area contributed by atoms with E-state index in [0.717, 1.165) is 21.7 Å². The maximum Gasteiger partial charge on any atom is 0.126 e. The molecule has 0 bridgehead atoms. The smallest absolute Gasteiger partial charge is 0.126 e. The largest absolute Gasteiger partial charge is 0.320 e. The summed E-state index contributed by atoms with van der Waals surface area (Å²) in [4.78, 5) is 0. The molecule has 2 aromatic rings. The van der Waals surface area contributed by atoms with Crippen LogP contribution in [0.2, 0.25) is 0 Å². The minimum atomic E-state index is -0.621. The van der Waals surface area contributed by atoms with Gasteiger partial charge >= 0.3 is 0 Å². The van der Waals surface area contributed by atoms with Gasteiger partial charge in [0.15, 0.2) is 0 Å². The second-order valence-corrected chi connectivity index (χ2v) is 5.06. The first-order valence-electron chi connectivity index (χ1n) is 5.45. The molecule has 4 heteroatoms. The molecule has 0 aliphatic rings. The van der Waals surface area contributed by atoms with E-state index >= 15 is 0 Å². The first-order chi connectivity index (χ1) is 8.47. The highest BCUT2D eigenvalue weighted by molar-refractivity contribution is 9.10. The Kier molecular flexibility index (Phi) is 3.78. The second-order valence-electron chi connectivity index (χ2n) is 4.21. The van der Waals surface area contributed by atoms with E-state index in [1.165, 1.54) is 12.1 Å². The third-order valence-electron chi connectivity index (χ3n) is 2.73. The van der Waals surface area contributed by atoms with Crippen molar-refractivity contribution in [1.82, 2.24) is 0 Å². The van der Waals surface area contributed by atoms with E-state index in [4.69, 9.17) is 5.73 Å². The van der Waals surface area contributed by atoms with Crippen LogP contribution in [0.15, 0.2) is 40.9 Å². The Hall–Kier alpha value is -1.26. The topological polar surface area (TPSA) is 26.0 Å². The molecule has 0 aliphatic carbocycles. The van der Waals surface area contributed by atoms with Crippen LogP contribution >= 0.6 is 15.9 Å². The molecule has 0 amide bonds. The van der Waals surface area contributed by atoms with Crippen molar-refractivity contribution in [3.05, 3.63) is 69.2 Å².